The number of anilines is 1. The van der Waals surface area contributed by atoms with Crippen LogP contribution in [0.3, 0.4) is 0 Å². The SMILES string of the molecule is CC[C@@H]1c2nnc(C)n2-c2cnc(-n3ccnc3-c3ccccn3)nc2N1C(C)C. The molecule has 152 valence electrons. The van der Waals surface area contributed by atoms with Crippen molar-refractivity contribution in [2.24, 2.45) is 0 Å². The van der Waals surface area contributed by atoms with Gasteiger partial charge in [0, 0.05) is 24.6 Å². The van der Waals surface area contributed by atoms with Gasteiger partial charge >= 0.3 is 0 Å². The number of hydrogen-bond donors (Lipinski definition) is 0. The van der Waals surface area contributed by atoms with Crippen molar-refractivity contribution in [3.8, 4) is 23.2 Å². The molecule has 9 heteroatoms. The van der Waals surface area contributed by atoms with Crippen LogP contribution in [0.2, 0.25) is 0 Å². The number of rotatable bonds is 4. The average molecular weight is 401 g/mol. The van der Waals surface area contributed by atoms with Crippen LogP contribution in [0.5, 0.6) is 0 Å². The summed E-state index contributed by atoms with van der Waals surface area (Å²) in [5.41, 5.74) is 1.67. The summed E-state index contributed by atoms with van der Waals surface area (Å²) < 4.78 is 3.94. The maximum Gasteiger partial charge on any atom is 0.237 e. The van der Waals surface area contributed by atoms with Crippen LogP contribution in [0.25, 0.3) is 23.2 Å². The van der Waals surface area contributed by atoms with E-state index < -0.39 is 0 Å². The Morgan fingerprint density at radius 1 is 1.07 bits per heavy atom. The minimum atomic E-state index is 0.0968. The quantitative estimate of drug-likeness (QED) is 0.518. The summed E-state index contributed by atoms with van der Waals surface area (Å²) in [6.07, 6.45) is 8.11. The van der Waals surface area contributed by atoms with E-state index in [0.717, 1.165) is 35.3 Å². The summed E-state index contributed by atoms with van der Waals surface area (Å²) >= 11 is 0. The molecule has 0 spiro atoms. The first-order valence-corrected chi connectivity index (χ1v) is 10.1. The van der Waals surface area contributed by atoms with Crippen molar-refractivity contribution in [3.05, 3.63) is 54.6 Å². The highest BCUT2D eigenvalue weighted by atomic mass is 15.4. The Balaban J connectivity index is 1.70. The molecule has 5 rings (SSSR count). The molecule has 4 aromatic rings. The van der Waals surface area contributed by atoms with E-state index in [4.69, 9.17) is 4.98 Å². The van der Waals surface area contributed by atoms with Crippen LogP contribution in [0.15, 0.2) is 43.0 Å². The van der Waals surface area contributed by atoms with E-state index in [1.165, 1.54) is 0 Å². The van der Waals surface area contributed by atoms with Crippen LogP contribution in [0, 0.1) is 6.92 Å². The Hall–Kier alpha value is -3.62. The minimum Gasteiger partial charge on any atom is -0.342 e. The number of aryl methyl sites for hydroxylation is 1. The molecule has 0 unspecified atom stereocenters. The lowest BCUT2D eigenvalue weighted by Gasteiger charge is -2.39. The van der Waals surface area contributed by atoms with Crippen LogP contribution in [-0.2, 0) is 0 Å². The third kappa shape index (κ3) is 2.69. The highest BCUT2D eigenvalue weighted by molar-refractivity contribution is 5.63. The van der Waals surface area contributed by atoms with Gasteiger partial charge in [0.05, 0.1) is 12.2 Å². The molecular weight excluding hydrogens is 378 g/mol. The zero-order valence-electron chi connectivity index (χ0n) is 17.4. The van der Waals surface area contributed by atoms with Gasteiger partial charge in [-0.25, -0.2) is 9.97 Å². The number of aromatic nitrogens is 8. The third-order valence-corrected chi connectivity index (χ3v) is 5.40. The lowest BCUT2D eigenvalue weighted by Crippen LogP contribution is -2.40. The summed E-state index contributed by atoms with van der Waals surface area (Å²) in [4.78, 5) is 20.9. The molecule has 0 bridgehead atoms. The predicted octanol–water partition coefficient (Wildman–Crippen LogP) is 3.29. The van der Waals surface area contributed by atoms with Crippen molar-refractivity contribution < 1.29 is 0 Å². The molecule has 1 aliphatic rings. The van der Waals surface area contributed by atoms with E-state index in [-0.39, 0.29) is 12.1 Å². The zero-order valence-corrected chi connectivity index (χ0v) is 17.4. The minimum absolute atomic E-state index is 0.0968. The van der Waals surface area contributed by atoms with Crippen molar-refractivity contribution in [2.45, 2.75) is 46.2 Å². The van der Waals surface area contributed by atoms with E-state index >= 15 is 0 Å². The van der Waals surface area contributed by atoms with Gasteiger partial charge in [0.2, 0.25) is 5.95 Å². The average Bonchev–Trinajstić information content (AvgIpc) is 3.40. The van der Waals surface area contributed by atoms with E-state index in [0.29, 0.717) is 11.8 Å². The summed E-state index contributed by atoms with van der Waals surface area (Å²) in [6.45, 7) is 8.46. The van der Waals surface area contributed by atoms with Crippen LogP contribution < -0.4 is 4.90 Å². The number of imidazole rings is 1. The van der Waals surface area contributed by atoms with Gasteiger partial charge in [-0.1, -0.05) is 13.0 Å². The molecule has 0 saturated heterocycles. The second-order valence-electron chi connectivity index (χ2n) is 7.58. The van der Waals surface area contributed by atoms with Crippen molar-refractivity contribution in [3.63, 3.8) is 0 Å². The maximum absolute atomic E-state index is 5.00. The zero-order chi connectivity index (χ0) is 20.8. The molecule has 0 amide bonds. The highest BCUT2D eigenvalue weighted by Crippen LogP contribution is 2.40. The fourth-order valence-electron chi connectivity index (χ4n) is 4.12. The van der Waals surface area contributed by atoms with Crippen molar-refractivity contribution in [2.75, 3.05) is 4.90 Å². The second kappa shape index (κ2) is 7.01. The summed E-state index contributed by atoms with van der Waals surface area (Å²) in [7, 11) is 0. The summed E-state index contributed by atoms with van der Waals surface area (Å²) in [5, 5.41) is 8.78. The lowest BCUT2D eigenvalue weighted by atomic mass is 10.1. The summed E-state index contributed by atoms with van der Waals surface area (Å²) in [6, 6.07) is 6.09. The molecule has 9 nitrogen and oxygen atoms in total. The Kier molecular flexibility index (Phi) is 4.30. The Labute approximate surface area is 174 Å². The monoisotopic (exact) mass is 401 g/mol. The van der Waals surface area contributed by atoms with E-state index in [2.05, 4.69) is 55.4 Å². The van der Waals surface area contributed by atoms with Crippen LogP contribution in [-0.4, -0.2) is 45.3 Å². The molecule has 5 heterocycles. The first-order valence-electron chi connectivity index (χ1n) is 10.1. The van der Waals surface area contributed by atoms with Crippen LogP contribution >= 0.6 is 0 Å². The molecule has 0 fully saturated rings. The molecule has 30 heavy (non-hydrogen) atoms. The molecule has 0 radical (unpaired) electrons. The van der Waals surface area contributed by atoms with E-state index in [1.54, 1.807) is 12.4 Å². The second-order valence-corrected chi connectivity index (χ2v) is 7.58. The first-order chi connectivity index (χ1) is 14.6. The fourth-order valence-corrected chi connectivity index (χ4v) is 4.12. The van der Waals surface area contributed by atoms with Gasteiger partial charge in [-0.15, -0.1) is 10.2 Å². The van der Waals surface area contributed by atoms with E-state index in [9.17, 15) is 0 Å². The van der Waals surface area contributed by atoms with Crippen molar-refractivity contribution >= 4 is 5.82 Å². The number of nitrogens with zero attached hydrogens (tertiary/aromatic N) is 9. The molecule has 0 aromatic carbocycles. The predicted molar refractivity (Wildman–Crippen MR) is 113 cm³/mol. The smallest absolute Gasteiger partial charge is 0.237 e. The number of fused-ring (bicyclic) bond motifs is 3. The maximum atomic E-state index is 5.00. The largest absolute Gasteiger partial charge is 0.342 e. The van der Waals surface area contributed by atoms with Gasteiger partial charge in [-0.2, -0.15) is 4.98 Å². The molecule has 0 saturated carbocycles. The Morgan fingerprint density at radius 2 is 1.93 bits per heavy atom. The third-order valence-electron chi connectivity index (χ3n) is 5.40. The van der Waals surface area contributed by atoms with Crippen molar-refractivity contribution in [1.82, 2.24) is 39.3 Å². The number of pyridine rings is 1. The van der Waals surface area contributed by atoms with Gasteiger partial charge in [0.25, 0.3) is 0 Å². The van der Waals surface area contributed by atoms with Crippen LogP contribution in [0.1, 0.15) is 44.9 Å². The fraction of sp³-hybridized carbons (Fsp3) is 0.333. The van der Waals surface area contributed by atoms with Gasteiger partial charge < -0.3 is 4.90 Å². The topological polar surface area (TPSA) is 90.4 Å². The van der Waals surface area contributed by atoms with Gasteiger partial charge in [0.1, 0.15) is 17.2 Å². The summed E-state index contributed by atoms with van der Waals surface area (Å²) in [5.74, 6) is 3.90. The normalized spacial score (nSPS) is 15.4. The van der Waals surface area contributed by atoms with E-state index in [1.807, 2.05) is 42.1 Å². The standard InChI is InChI=1S/C21H23N9/c1-5-16-20-27-26-14(4)30(20)17-12-24-21(25-19(17)29(16)13(2)3)28-11-10-23-18(28)15-8-6-7-9-22-15/h6-13,16H,5H2,1-4H3/t16-/m1/s1. The molecule has 1 aliphatic heterocycles. The molecule has 1 atom stereocenters. The molecule has 0 N–H and O–H groups in total. The Bertz CT molecular complexity index is 1190. The Morgan fingerprint density at radius 3 is 2.67 bits per heavy atom. The van der Waals surface area contributed by atoms with Gasteiger partial charge in [-0.05, 0) is 39.3 Å². The van der Waals surface area contributed by atoms with Gasteiger partial charge in [-0.3, -0.25) is 14.1 Å². The van der Waals surface area contributed by atoms with Gasteiger partial charge in [0.15, 0.2) is 17.5 Å². The molecule has 4 aromatic heterocycles. The lowest BCUT2D eigenvalue weighted by molar-refractivity contribution is 0.496. The van der Waals surface area contributed by atoms with Crippen molar-refractivity contribution in [1.29, 1.82) is 0 Å². The highest BCUT2D eigenvalue weighted by Gasteiger charge is 2.36. The molecular formula is C21H23N9. The molecule has 0 aliphatic carbocycles. The van der Waals surface area contributed by atoms with Crippen LogP contribution in [0.4, 0.5) is 5.82 Å². The number of hydrogen-bond acceptors (Lipinski definition) is 7. The first kappa shape index (κ1) is 18.4.